The lowest BCUT2D eigenvalue weighted by molar-refractivity contribution is -0.144. The van der Waals surface area contributed by atoms with Crippen molar-refractivity contribution in [3.63, 3.8) is 0 Å². The first kappa shape index (κ1) is 30.0. The van der Waals surface area contributed by atoms with E-state index in [2.05, 4.69) is 29.4 Å². The number of hydrogen-bond donors (Lipinski definition) is 3. The van der Waals surface area contributed by atoms with Gasteiger partial charge in [-0.1, -0.05) is 25.1 Å². The maximum absolute atomic E-state index is 14.2. The number of aliphatic hydroxyl groups is 1. The smallest absolute Gasteiger partial charge is 0.250 e. The van der Waals surface area contributed by atoms with Crippen LogP contribution in [0.2, 0.25) is 0 Å². The Kier molecular flexibility index (Phi) is 8.62. The molecule has 3 N–H and O–H groups in total. The average molecular weight is 577 g/mol. The first-order valence-corrected chi connectivity index (χ1v) is 15.3. The minimum Gasteiger partial charge on any atom is -0.396 e. The molecule has 9 heteroatoms. The van der Waals surface area contributed by atoms with Crippen LogP contribution >= 0.6 is 0 Å². The molecule has 0 aromatic heterocycles. The number of unbranched alkanes of at least 4 members (excludes halogenated alkanes) is 2. The van der Waals surface area contributed by atoms with Crippen molar-refractivity contribution >= 4 is 34.8 Å². The molecule has 3 fully saturated rings. The van der Waals surface area contributed by atoms with Gasteiger partial charge in [0, 0.05) is 43.3 Å². The third-order valence-corrected chi connectivity index (χ3v) is 9.71. The van der Waals surface area contributed by atoms with E-state index in [-0.39, 0.29) is 30.2 Å². The molecule has 0 radical (unpaired) electrons. The van der Waals surface area contributed by atoms with E-state index in [1.807, 2.05) is 68.4 Å². The molecular formula is C33H44N4O5. The third kappa shape index (κ3) is 5.07. The van der Waals surface area contributed by atoms with Gasteiger partial charge in [0.25, 0.3) is 0 Å². The quantitative estimate of drug-likeness (QED) is 0.325. The maximum Gasteiger partial charge on any atom is 0.250 e. The monoisotopic (exact) mass is 576 g/mol. The largest absolute Gasteiger partial charge is 0.396 e. The van der Waals surface area contributed by atoms with Gasteiger partial charge in [-0.15, -0.1) is 0 Å². The molecule has 0 saturated carbocycles. The molecule has 1 spiro atoms. The van der Waals surface area contributed by atoms with E-state index < -0.39 is 29.1 Å². The van der Waals surface area contributed by atoms with Gasteiger partial charge in [0.2, 0.25) is 17.7 Å². The summed E-state index contributed by atoms with van der Waals surface area (Å²) in [6.45, 7) is 10.4. The number of aliphatic hydroxyl groups excluding tert-OH is 1. The molecule has 3 aliphatic rings. The number of carbonyl (C=O) groups excluding carboxylic acids is 3. The molecule has 6 atom stereocenters. The van der Waals surface area contributed by atoms with Gasteiger partial charge in [-0.2, -0.15) is 0 Å². The lowest BCUT2D eigenvalue weighted by Gasteiger charge is -2.36. The van der Waals surface area contributed by atoms with Crippen molar-refractivity contribution in [2.75, 3.05) is 41.8 Å². The fourth-order valence-corrected chi connectivity index (χ4v) is 7.55. The molecule has 2 bridgehead atoms. The Bertz CT molecular complexity index is 1280. The number of amides is 3. The Labute approximate surface area is 248 Å². The van der Waals surface area contributed by atoms with Crippen molar-refractivity contribution in [2.24, 2.45) is 17.8 Å². The molecule has 3 amide bonds. The summed E-state index contributed by atoms with van der Waals surface area (Å²) in [6.07, 6.45) is 2.51. The molecular weight excluding hydrogens is 532 g/mol. The van der Waals surface area contributed by atoms with Crippen LogP contribution in [-0.4, -0.2) is 71.2 Å². The summed E-state index contributed by atoms with van der Waals surface area (Å²) in [5.74, 6) is -2.31. The average Bonchev–Trinajstić information content (AvgIpc) is 3.49. The summed E-state index contributed by atoms with van der Waals surface area (Å²) in [4.78, 5) is 46.1. The van der Waals surface area contributed by atoms with E-state index >= 15 is 0 Å². The Balaban J connectivity index is 1.46. The van der Waals surface area contributed by atoms with Crippen LogP contribution in [0.1, 0.15) is 53.4 Å². The summed E-state index contributed by atoms with van der Waals surface area (Å²) in [6, 6.07) is 16.1. The molecule has 2 aromatic rings. The highest BCUT2D eigenvalue weighted by Gasteiger charge is 2.79. The van der Waals surface area contributed by atoms with Gasteiger partial charge in [-0.05, 0) is 88.8 Å². The zero-order valence-electron chi connectivity index (χ0n) is 25.1. The molecule has 42 heavy (non-hydrogen) atoms. The number of benzene rings is 2. The molecule has 3 saturated heterocycles. The number of anilines is 3. The summed E-state index contributed by atoms with van der Waals surface area (Å²) >= 11 is 0. The second kappa shape index (κ2) is 12.1. The summed E-state index contributed by atoms with van der Waals surface area (Å²) in [7, 11) is 0. The van der Waals surface area contributed by atoms with E-state index in [9.17, 15) is 19.5 Å². The number of nitrogens with one attached hydrogen (secondary N) is 2. The number of fused-ring (bicyclic) bond motifs is 1. The zero-order chi connectivity index (χ0) is 30.1. The van der Waals surface area contributed by atoms with E-state index in [0.717, 1.165) is 25.2 Å². The van der Waals surface area contributed by atoms with Crippen LogP contribution in [0.3, 0.4) is 0 Å². The van der Waals surface area contributed by atoms with Crippen molar-refractivity contribution in [1.82, 2.24) is 4.90 Å². The van der Waals surface area contributed by atoms with Crippen LogP contribution in [-0.2, 0) is 19.1 Å². The molecule has 0 aliphatic carbocycles. The molecule has 3 heterocycles. The maximum atomic E-state index is 14.2. The second-order valence-corrected chi connectivity index (χ2v) is 12.1. The van der Waals surface area contributed by atoms with Gasteiger partial charge < -0.3 is 30.3 Å². The SMILES string of the molecule is CCN(CC)c1ccc(NC(=O)C2N(CCCCCO)C(=O)[C@@H]3[C@H](C(=O)Nc4ccccc4)[C@@]4(C)OC23CC4C)cc1. The minimum absolute atomic E-state index is 0.0360. The highest BCUT2D eigenvalue weighted by atomic mass is 16.5. The van der Waals surface area contributed by atoms with Crippen molar-refractivity contribution in [3.05, 3.63) is 54.6 Å². The van der Waals surface area contributed by atoms with E-state index in [1.165, 1.54) is 0 Å². The lowest BCUT2D eigenvalue weighted by atomic mass is 9.62. The van der Waals surface area contributed by atoms with Crippen LogP contribution in [0.5, 0.6) is 0 Å². The van der Waals surface area contributed by atoms with Crippen molar-refractivity contribution < 1.29 is 24.2 Å². The number of likely N-dealkylation sites (tertiary alicyclic amines) is 1. The van der Waals surface area contributed by atoms with Crippen LogP contribution in [0, 0.1) is 17.8 Å². The van der Waals surface area contributed by atoms with Crippen molar-refractivity contribution in [1.29, 1.82) is 0 Å². The predicted molar refractivity (Wildman–Crippen MR) is 163 cm³/mol. The van der Waals surface area contributed by atoms with Gasteiger partial charge in [-0.25, -0.2) is 0 Å². The van der Waals surface area contributed by atoms with Crippen molar-refractivity contribution in [3.8, 4) is 0 Å². The van der Waals surface area contributed by atoms with Crippen LogP contribution < -0.4 is 15.5 Å². The number of hydrogen-bond acceptors (Lipinski definition) is 6. The number of para-hydroxylation sites is 1. The normalized spacial score (nSPS) is 29.5. The molecule has 3 unspecified atom stereocenters. The Morgan fingerprint density at radius 3 is 2.26 bits per heavy atom. The standard InChI is InChI=1S/C33H44N4O5/c1-5-36(6-2)25-17-15-24(16-18-25)35-30(40)28-33-21-22(3)32(4,42-33)26(29(39)34-23-13-9-7-10-14-23)27(33)31(41)37(28)19-11-8-12-20-38/h7,9-10,13-18,22,26-28,38H,5-6,8,11-12,19-21H2,1-4H3,(H,34,39)(H,35,40)/t22?,26-,27+,28?,32+,33?/m1/s1. The highest BCUT2D eigenvalue weighted by Crippen LogP contribution is 2.65. The minimum atomic E-state index is -1.10. The van der Waals surface area contributed by atoms with Gasteiger partial charge in [0.1, 0.15) is 11.6 Å². The van der Waals surface area contributed by atoms with Gasteiger partial charge in [-0.3, -0.25) is 14.4 Å². The van der Waals surface area contributed by atoms with Gasteiger partial charge in [0.15, 0.2) is 0 Å². The molecule has 226 valence electrons. The van der Waals surface area contributed by atoms with Gasteiger partial charge >= 0.3 is 0 Å². The summed E-state index contributed by atoms with van der Waals surface area (Å²) in [5, 5.41) is 15.4. The van der Waals surface area contributed by atoms with Gasteiger partial charge in [0.05, 0.1) is 17.4 Å². The van der Waals surface area contributed by atoms with Crippen LogP contribution in [0.25, 0.3) is 0 Å². The summed E-state index contributed by atoms with van der Waals surface area (Å²) < 4.78 is 6.80. The molecule has 2 aromatic carbocycles. The van der Waals surface area contributed by atoms with E-state index in [0.29, 0.717) is 37.2 Å². The fourth-order valence-electron chi connectivity index (χ4n) is 7.55. The predicted octanol–water partition coefficient (Wildman–Crippen LogP) is 4.28. The highest BCUT2D eigenvalue weighted by molar-refractivity contribution is 6.05. The van der Waals surface area contributed by atoms with E-state index in [1.54, 1.807) is 4.90 Å². The topological polar surface area (TPSA) is 111 Å². The lowest BCUT2D eigenvalue weighted by Crippen LogP contribution is -2.54. The fraction of sp³-hybridized carbons (Fsp3) is 0.545. The number of nitrogens with zero attached hydrogens (tertiary/aromatic N) is 2. The van der Waals surface area contributed by atoms with Crippen LogP contribution in [0.4, 0.5) is 17.1 Å². The number of carbonyl (C=O) groups is 3. The first-order valence-electron chi connectivity index (χ1n) is 15.3. The molecule has 9 nitrogen and oxygen atoms in total. The second-order valence-electron chi connectivity index (χ2n) is 12.1. The molecule has 3 aliphatic heterocycles. The number of rotatable bonds is 12. The van der Waals surface area contributed by atoms with Crippen molar-refractivity contribution in [2.45, 2.75) is 70.6 Å². The molecule has 5 rings (SSSR count). The Morgan fingerprint density at radius 1 is 0.976 bits per heavy atom. The number of ether oxygens (including phenoxy) is 1. The zero-order valence-corrected chi connectivity index (χ0v) is 25.1. The summed E-state index contributed by atoms with van der Waals surface area (Å²) in [5.41, 5.74) is 0.390. The first-order chi connectivity index (χ1) is 20.2. The third-order valence-electron chi connectivity index (χ3n) is 9.71. The van der Waals surface area contributed by atoms with Crippen LogP contribution in [0.15, 0.2) is 54.6 Å². The Morgan fingerprint density at radius 2 is 1.62 bits per heavy atom. The van der Waals surface area contributed by atoms with E-state index in [4.69, 9.17) is 4.74 Å². The Hall–Kier alpha value is -3.43.